The second-order valence-corrected chi connectivity index (χ2v) is 9.51. The van der Waals surface area contributed by atoms with Gasteiger partial charge in [-0.05, 0) is 73.8 Å². The first-order valence-corrected chi connectivity index (χ1v) is 12.3. The number of nitrogens with two attached hydrogens (primary N) is 2. The summed E-state index contributed by atoms with van der Waals surface area (Å²) in [5.41, 5.74) is 14.6. The summed E-state index contributed by atoms with van der Waals surface area (Å²) in [4.78, 5) is 5.08. The predicted octanol–water partition coefficient (Wildman–Crippen LogP) is 6.28. The van der Waals surface area contributed by atoms with Crippen molar-refractivity contribution in [1.29, 1.82) is 0 Å². The highest BCUT2D eigenvalue weighted by Crippen LogP contribution is 2.35. The summed E-state index contributed by atoms with van der Waals surface area (Å²) >= 11 is 1.78. The molecule has 4 rings (SSSR count). The average molecular weight is 445 g/mol. The van der Waals surface area contributed by atoms with E-state index < -0.39 is 0 Å². The zero-order chi connectivity index (χ0) is 22.5. The third-order valence-electron chi connectivity index (χ3n) is 6.34. The molecule has 1 aromatic carbocycles. The maximum Gasteiger partial charge on any atom is 0.119 e. The highest BCUT2D eigenvalue weighted by Gasteiger charge is 2.13. The van der Waals surface area contributed by atoms with Crippen LogP contribution in [0.2, 0.25) is 0 Å². The van der Waals surface area contributed by atoms with Gasteiger partial charge in [-0.1, -0.05) is 48.9 Å². The van der Waals surface area contributed by atoms with Gasteiger partial charge in [0.15, 0.2) is 0 Å². The number of benzene rings is 1. The van der Waals surface area contributed by atoms with Crippen LogP contribution >= 0.6 is 11.3 Å². The SMILES string of the molecule is CCc1ccc(-c2csc3ccc(CCC4C=CC(CC/C(N)=N/N)=CC4)nc23)c(C)c1. The lowest BCUT2D eigenvalue weighted by Gasteiger charge is -2.16. The number of fused-ring (bicyclic) bond motifs is 1. The molecule has 1 atom stereocenters. The van der Waals surface area contributed by atoms with Gasteiger partial charge in [-0.3, -0.25) is 4.98 Å². The Morgan fingerprint density at radius 3 is 2.78 bits per heavy atom. The number of hydrogen-bond donors (Lipinski definition) is 2. The number of aromatic nitrogens is 1. The Balaban J connectivity index is 1.43. The second kappa shape index (κ2) is 10.1. The highest BCUT2D eigenvalue weighted by atomic mass is 32.1. The van der Waals surface area contributed by atoms with E-state index in [1.54, 1.807) is 11.3 Å². The molecule has 3 aromatic rings. The van der Waals surface area contributed by atoms with E-state index in [1.165, 1.54) is 38.2 Å². The summed E-state index contributed by atoms with van der Waals surface area (Å²) in [6.45, 7) is 4.41. The molecule has 0 saturated heterocycles. The molecule has 2 heterocycles. The molecule has 5 heteroatoms. The van der Waals surface area contributed by atoms with E-state index in [0.717, 1.165) is 37.6 Å². The van der Waals surface area contributed by atoms with Crippen molar-refractivity contribution in [3.63, 3.8) is 0 Å². The van der Waals surface area contributed by atoms with Crippen LogP contribution in [0.5, 0.6) is 0 Å². The summed E-state index contributed by atoms with van der Waals surface area (Å²) in [6.07, 6.45) is 12.7. The molecule has 4 N–H and O–H groups in total. The van der Waals surface area contributed by atoms with E-state index in [1.807, 2.05) is 0 Å². The van der Waals surface area contributed by atoms with Gasteiger partial charge in [-0.2, -0.15) is 5.10 Å². The number of nitrogens with zero attached hydrogens (tertiary/aromatic N) is 2. The number of hydrazone groups is 1. The number of pyridine rings is 1. The Labute approximate surface area is 194 Å². The lowest BCUT2D eigenvalue weighted by molar-refractivity contribution is 0.586. The summed E-state index contributed by atoms with van der Waals surface area (Å²) < 4.78 is 1.26. The van der Waals surface area contributed by atoms with Crippen molar-refractivity contribution >= 4 is 27.4 Å². The maximum absolute atomic E-state index is 5.70. The molecule has 0 spiro atoms. The zero-order valence-electron chi connectivity index (χ0n) is 19.0. The van der Waals surface area contributed by atoms with Crippen molar-refractivity contribution in [1.82, 2.24) is 4.98 Å². The summed E-state index contributed by atoms with van der Waals surface area (Å²) in [5.74, 6) is 6.28. The largest absolute Gasteiger partial charge is 0.386 e. The summed E-state index contributed by atoms with van der Waals surface area (Å²) in [6, 6.07) is 11.2. The molecule has 166 valence electrons. The first-order chi connectivity index (χ1) is 15.6. The van der Waals surface area contributed by atoms with Crippen LogP contribution in [0.4, 0.5) is 0 Å². The van der Waals surface area contributed by atoms with Gasteiger partial charge in [0.25, 0.3) is 0 Å². The fraction of sp³-hybridized carbons (Fsp3) is 0.333. The summed E-state index contributed by atoms with van der Waals surface area (Å²) in [5, 5.41) is 5.80. The molecule has 2 aromatic heterocycles. The number of aryl methyl sites for hydroxylation is 3. The van der Waals surface area contributed by atoms with Crippen LogP contribution in [0, 0.1) is 12.8 Å². The molecule has 32 heavy (non-hydrogen) atoms. The third kappa shape index (κ3) is 5.10. The molecule has 0 saturated carbocycles. The van der Waals surface area contributed by atoms with Crippen molar-refractivity contribution in [3.05, 3.63) is 76.3 Å². The van der Waals surface area contributed by atoms with Crippen LogP contribution < -0.4 is 11.6 Å². The van der Waals surface area contributed by atoms with Crippen LogP contribution in [0.1, 0.15) is 49.4 Å². The minimum absolute atomic E-state index is 0.507. The van der Waals surface area contributed by atoms with Gasteiger partial charge in [-0.25, -0.2) is 0 Å². The molecular weight excluding hydrogens is 412 g/mol. The van der Waals surface area contributed by atoms with Gasteiger partial charge in [0.05, 0.1) is 10.2 Å². The van der Waals surface area contributed by atoms with Crippen molar-refractivity contribution in [3.8, 4) is 11.1 Å². The monoisotopic (exact) mass is 444 g/mol. The van der Waals surface area contributed by atoms with Gasteiger partial charge in [0, 0.05) is 23.1 Å². The zero-order valence-corrected chi connectivity index (χ0v) is 19.8. The van der Waals surface area contributed by atoms with Crippen molar-refractivity contribution in [2.45, 2.75) is 52.4 Å². The van der Waals surface area contributed by atoms with E-state index >= 15 is 0 Å². The average Bonchev–Trinajstić information content (AvgIpc) is 3.24. The standard InChI is InChI=1S/C27H32N4S/c1-3-19-9-13-23(18(2)16-19)24-17-32-25-14-12-22(30-27(24)25)11-8-20-4-6-21(7-5-20)10-15-26(28)31-29/h4,6-7,9,12-14,16-17,20H,3,5,8,10-11,15,29H2,1-2H3,(H2,28,31). The van der Waals surface area contributed by atoms with Crippen molar-refractivity contribution < 1.29 is 0 Å². The quantitative estimate of drug-likeness (QED) is 0.186. The van der Waals surface area contributed by atoms with Crippen LogP contribution in [-0.4, -0.2) is 10.8 Å². The Kier molecular flexibility index (Phi) is 7.05. The van der Waals surface area contributed by atoms with E-state index in [-0.39, 0.29) is 0 Å². The van der Waals surface area contributed by atoms with Crippen molar-refractivity contribution in [2.75, 3.05) is 0 Å². The maximum atomic E-state index is 5.70. The Bertz CT molecular complexity index is 1190. The van der Waals surface area contributed by atoms with E-state index in [4.69, 9.17) is 16.6 Å². The first kappa shape index (κ1) is 22.3. The van der Waals surface area contributed by atoms with E-state index in [9.17, 15) is 0 Å². The van der Waals surface area contributed by atoms with Crippen LogP contribution in [-0.2, 0) is 12.8 Å². The lowest BCUT2D eigenvalue weighted by atomic mass is 9.90. The van der Waals surface area contributed by atoms with Gasteiger partial charge < -0.3 is 11.6 Å². The Morgan fingerprint density at radius 1 is 1.19 bits per heavy atom. The second-order valence-electron chi connectivity index (χ2n) is 8.59. The van der Waals surface area contributed by atoms with Gasteiger partial charge in [0.1, 0.15) is 5.84 Å². The van der Waals surface area contributed by atoms with Crippen LogP contribution in [0.3, 0.4) is 0 Å². The number of thiophene rings is 1. The molecule has 0 aliphatic heterocycles. The summed E-state index contributed by atoms with van der Waals surface area (Å²) in [7, 11) is 0. The van der Waals surface area contributed by atoms with E-state index in [0.29, 0.717) is 18.2 Å². The predicted molar refractivity (Wildman–Crippen MR) is 138 cm³/mol. The smallest absolute Gasteiger partial charge is 0.119 e. The molecule has 1 aliphatic rings. The normalized spacial score (nSPS) is 16.5. The fourth-order valence-electron chi connectivity index (χ4n) is 4.31. The minimum atomic E-state index is 0.507. The first-order valence-electron chi connectivity index (χ1n) is 11.4. The highest BCUT2D eigenvalue weighted by molar-refractivity contribution is 7.17. The molecule has 4 nitrogen and oxygen atoms in total. The van der Waals surface area contributed by atoms with Gasteiger partial charge >= 0.3 is 0 Å². The molecular formula is C27H32N4S. The van der Waals surface area contributed by atoms with Gasteiger partial charge in [0.2, 0.25) is 0 Å². The topological polar surface area (TPSA) is 77.3 Å². The molecule has 1 aliphatic carbocycles. The van der Waals surface area contributed by atoms with Crippen LogP contribution in [0.15, 0.2) is 64.6 Å². The third-order valence-corrected chi connectivity index (χ3v) is 7.27. The van der Waals surface area contributed by atoms with Crippen molar-refractivity contribution in [2.24, 2.45) is 22.6 Å². The molecule has 0 fully saturated rings. The number of rotatable bonds is 8. The minimum Gasteiger partial charge on any atom is -0.386 e. The van der Waals surface area contributed by atoms with E-state index in [2.05, 4.69) is 72.9 Å². The Morgan fingerprint density at radius 2 is 2.06 bits per heavy atom. The lowest BCUT2D eigenvalue weighted by Crippen LogP contribution is -2.14. The number of amidine groups is 1. The fourth-order valence-corrected chi connectivity index (χ4v) is 5.21. The molecule has 0 radical (unpaired) electrons. The molecule has 1 unspecified atom stereocenters. The van der Waals surface area contributed by atoms with Crippen LogP contribution in [0.25, 0.3) is 21.3 Å². The molecule has 0 amide bonds. The number of hydrogen-bond acceptors (Lipinski definition) is 4. The molecule has 0 bridgehead atoms. The van der Waals surface area contributed by atoms with Gasteiger partial charge in [-0.15, -0.1) is 11.3 Å². The Hall–Kier alpha value is -2.92. The number of allylic oxidation sites excluding steroid dienone is 4.